The zero-order chi connectivity index (χ0) is 20.5. The van der Waals surface area contributed by atoms with E-state index in [-0.39, 0.29) is 18.1 Å². The molecule has 1 amide bonds. The van der Waals surface area contributed by atoms with Gasteiger partial charge in [-0.25, -0.2) is 18.9 Å². The molecule has 1 fully saturated rings. The zero-order valence-electron chi connectivity index (χ0n) is 17.1. The number of rotatable bonds is 4. The molecule has 29 heavy (non-hydrogen) atoms. The number of carbonyl (C=O) groups excluding carboxylic acids is 1. The van der Waals surface area contributed by atoms with Crippen molar-refractivity contribution in [2.75, 3.05) is 23.3 Å². The first-order chi connectivity index (χ1) is 13.9. The molecule has 1 aliphatic heterocycles. The molecule has 1 atom stereocenters. The van der Waals surface area contributed by atoms with Gasteiger partial charge in [0, 0.05) is 31.2 Å². The Bertz CT molecular complexity index is 1120. The number of hydrogen-bond acceptors (Lipinski definition) is 5. The van der Waals surface area contributed by atoms with Crippen LogP contribution in [0.1, 0.15) is 30.9 Å². The third-order valence-electron chi connectivity index (χ3n) is 5.40. The Morgan fingerprint density at radius 3 is 2.93 bits per heavy atom. The smallest absolute Gasteiger partial charge is 0.350 e. The minimum absolute atomic E-state index is 0.149. The molecule has 2 aromatic heterocycles. The van der Waals surface area contributed by atoms with E-state index in [1.165, 1.54) is 15.5 Å². The van der Waals surface area contributed by atoms with Gasteiger partial charge in [0.1, 0.15) is 6.54 Å². The van der Waals surface area contributed by atoms with Crippen LogP contribution in [0.5, 0.6) is 0 Å². The highest BCUT2D eigenvalue weighted by atomic mass is 16.2. The Balaban J connectivity index is 1.60. The molecule has 1 unspecified atom stereocenters. The quantitative estimate of drug-likeness (QED) is 0.734. The lowest BCUT2D eigenvalue weighted by Crippen LogP contribution is -2.35. The number of benzene rings is 1. The zero-order valence-corrected chi connectivity index (χ0v) is 17.1. The molecule has 1 saturated heterocycles. The average molecular weight is 394 g/mol. The fourth-order valence-electron chi connectivity index (χ4n) is 3.84. The lowest BCUT2D eigenvalue weighted by molar-refractivity contribution is -0.117. The van der Waals surface area contributed by atoms with Crippen molar-refractivity contribution >= 4 is 23.1 Å². The number of hydrogen-bond donors (Lipinski definition) is 1. The van der Waals surface area contributed by atoms with E-state index in [1.807, 2.05) is 32.0 Å². The summed E-state index contributed by atoms with van der Waals surface area (Å²) in [6, 6.07) is 5.87. The maximum absolute atomic E-state index is 12.8. The highest BCUT2D eigenvalue weighted by Crippen LogP contribution is 2.23. The predicted molar refractivity (Wildman–Crippen MR) is 112 cm³/mol. The molecule has 152 valence electrons. The van der Waals surface area contributed by atoms with Crippen molar-refractivity contribution in [2.24, 2.45) is 5.92 Å². The standard InChI is InChI=1S/C21H26N6O2/c1-14-6-7-16(3)17(11-14)23-18(28)13-27-21(29)26-10-8-22-19(20(26)24-27)25-9-4-5-15(2)12-25/h6-8,10-11,15H,4-5,9,12-13H2,1-3H3,(H,23,28). The minimum atomic E-state index is -0.343. The van der Waals surface area contributed by atoms with Crippen molar-refractivity contribution in [3.8, 4) is 0 Å². The third kappa shape index (κ3) is 3.87. The SMILES string of the molecule is Cc1ccc(C)c(NC(=O)Cn2nc3c(N4CCCC(C)C4)nccn3c2=O)c1. The molecule has 1 N–H and O–H groups in total. The van der Waals surface area contributed by atoms with Gasteiger partial charge in [-0.05, 0) is 49.8 Å². The summed E-state index contributed by atoms with van der Waals surface area (Å²) >= 11 is 0. The molecular weight excluding hydrogens is 368 g/mol. The Labute approximate surface area is 169 Å². The molecule has 8 nitrogen and oxygen atoms in total. The topological polar surface area (TPSA) is 84.5 Å². The van der Waals surface area contributed by atoms with Crippen LogP contribution in [0, 0.1) is 19.8 Å². The van der Waals surface area contributed by atoms with Crippen LogP contribution in [0.2, 0.25) is 0 Å². The highest BCUT2D eigenvalue weighted by Gasteiger charge is 2.22. The summed E-state index contributed by atoms with van der Waals surface area (Å²) in [6.07, 6.45) is 5.50. The van der Waals surface area contributed by atoms with Crippen LogP contribution in [0.25, 0.3) is 5.65 Å². The number of aromatic nitrogens is 4. The first-order valence-electron chi connectivity index (χ1n) is 9.98. The van der Waals surface area contributed by atoms with E-state index in [9.17, 15) is 9.59 Å². The summed E-state index contributed by atoms with van der Waals surface area (Å²) in [6.45, 7) is 7.76. The van der Waals surface area contributed by atoms with Crippen LogP contribution in [0.3, 0.4) is 0 Å². The first-order valence-corrected chi connectivity index (χ1v) is 9.98. The van der Waals surface area contributed by atoms with E-state index in [0.717, 1.165) is 36.3 Å². The molecule has 0 radical (unpaired) electrons. The van der Waals surface area contributed by atoms with Gasteiger partial charge in [-0.3, -0.25) is 4.79 Å². The maximum atomic E-state index is 12.8. The van der Waals surface area contributed by atoms with Gasteiger partial charge < -0.3 is 10.2 Å². The number of anilines is 2. The molecule has 1 aromatic carbocycles. The van der Waals surface area contributed by atoms with Crippen LogP contribution >= 0.6 is 0 Å². The molecule has 0 spiro atoms. The lowest BCUT2D eigenvalue weighted by Gasteiger charge is -2.31. The third-order valence-corrected chi connectivity index (χ3v) is 5.40. The van der Waals surface area contributed by atoms with Crippen molar-refractivity contribution < 1.29 is 4.79 Å². The number of piperidine rings is 1. The van der Waals surface area contributed by atoms with Gasteiger partial charge in [0.15, 0.2) is 5.82 Å². The monoisotopic (exact) mass is 394 g/mol. The Kier molecular flexibility index (Phi) is 5.08. The van der Waals surface area contributed by atoms with Gasteiger partial charge in [-0.1, -0.05) is 19.1 Å². The van der Waals surface area contributed by atoms with E-state index in [0.29, 0.717) is 17.4 Å². The van der Waals surface area contributed by atoms with Crippen LogP contribution in [0.15, 0.2) is 35.4 Å². The van der Waals surface area contributed by atoms with Gasteiger partial charge in [-0.2, -0.15) is 0 Å². The predicted octanol–water partition coefficient (Wildman–Crippen LogP) is 2.38. The number of carbonyl (C=O) groups is 1. The molecule has 1 aliphatic rings. The second kappa shape index (κ2) is 7.69. The van der Waals surface area contributed by atoms with Gasteiger partial charge in [-0.15, -0.1) is 5.10 Å². The Morgan fingerprint density at radius 1 is 1.31 bits per heavy atom. The Morgan fingerprint density at radius 2 is 2.14 bits per heavy atom. The summed E-state index contributed by atoms with van der Waals surface area (Å²) in [5, 5.41) is 7.32. The number of fused-ring (bicyclic) bond motifs is 1. The largest absolute Gasteiger partial charge is 0.353 e. The average Bonchev–Trinajstić information content (AvgIpc) is 3.00. The molecule has 3 aromatic rings. The van der Waals surface area contributed by atoms with Crippen LogP contribution in [-0.4, -0.2) is 38.2 Å². The van der Waals surface area contributed by atoms with Crippen LogP contribution in [-0.2, 0) is 11.3 Å². The second-order valence-electron chi connectivity index (χ2n) is 7.94. The van der Waals surface area contributed by atoms with Crippen LogP contribution < -0.4 is 15.9 Å². The van der Waals surface area contributed by atoms with Crippen molar-refractivity contribution in [1.29, 1.82) is 0 Å². The minimum Gasteiger partial charge on any atom is -0.353 e. The van der Waals surface area contributed by atoms with E-state index in [2.05, 4.69) is 27.2 Å². The molecule has 3 heterocycles. The van der Waals surface area contributed by atoms with E-state index < -0.39 is 0 Å². The van der Waals surface area contributed by atoms with Crippen molar-refractivity contribution in [1.82, 2.24) is 19.2 Å². The normalized spacial score (nSPS) is 16.9. The van der Waals surface area contributed by atoms with Crippen molar-refractivity contribution in [3.63, 3.8) is 0 Å². The molecule has 4 rings (SSSR count). The van der Waals surface area contributed by atoms with E-state index >= 15 is 0 Å². The molecular formula is C21H26N6O2. The number of nitrogens with zero attached hydrogens (tertiary/aromatic N) is 5. The lowest BCUT2D eigenvalue weighted by atomic mass is 10.0. The molecule has 0 aliphatic carbocycles. The van der Waals surface area contributed by atoms with E-state index in [1.54, 1.807) is 12.4 Å². The van der Waals surface area contributed by atoms with Crippen molar-refractivity contribution in [2.45, 2.75) is 40.2 Å². The summed E-state index contributed by atoms with van der Waals surface area (Å²) in [4.78, 5) is 32.0. The summed E-state index contributed by atoms with van der Waals surface area (Å²) < 4.78 is 2.67. The van der Waals surface area contributed by atoms with Gasteiger partial charge in [0.2, 0.25) is 11.6 Å². The summed E-state index contributed by atoms with van der Waals surface area (Å²) in [5.74, 6) is 0.984. The second-order valence-corrected chi connectivity index (χ2v) is 7.94. The molecule has 8 heteroatoms. The number of amides is 1. The number of aryl methyl sites for hydroxylation is 2. The fourth-order valence-corrected chi connectivity index (χ4v) is 3.84. The van der Waals surface area contributed by atoms with Crippen molar-refractivity contribution in [3.05, 3.63) is 52.2 Å². The van der Waals surface area contributed by atoms with Gasteiger partial charge in [0.05, 0.1) is 0 Å². The Hall–Kier alpha value is -3.16. The first kappa shape index (κ1) is 19.2. The van der Waals surface area contributed by atoms with Gasteiger partial charge >= 0.3 is 5.69 Å². The molecule has 0 saturated carbocycles. The van der Waals surface area contributed by atoms with E-state index in [4.69, 9.17) is 0 Å². The maximum Gasteiger partial charge on any atom is 0.350 e. The van der Waals surface area contributed by atoms with Gasteiger partial charge in [0.25, 0.3) is 0 Å². The fraction of sp³-hybridized carbons (Fsp3) is 0.429. The summed E-state index contributed by atoms with van der Waals surface area (Å²) in [7, 11) is 0. The highest BCUT2D eigenvalue weighted by molar-refractivity contribution is 5.91. The summed E-state index contributed by atoms with van der Waals surface area (Å²) in [5.41, 5.74) is 2.92. The van der Waals surface area contributed by atoms with Crippen LogP contribution in [0.4, 0.5) is 11.5 Å². The number of nitrogens with one attached hydrogen (secondary N) is 1. The molecule has 0 bridgehead atoms.